The number of benzene rings is 1. The maximum absolute atomic E-state index is 12.2. The van der Waals surface area contributed by atoms with Crippen molar-refractivity contribution >= 4 is 21.7 Å². The van der Waals surface area contributed by atoms with E-state index in [1.54, 1.807) is 13.0 Å². The van der Waals surface area contributed by atoms with Gasteiger partial charge in [0.15, 0.2) is 0 Å². The summed E-state index contributed by atoms with van der Waals surface area (Å²) in [6.45, 7) is 3.64. The lowest BCUT2D eigenvalue weighted by Gasteiger charge is -2.06. The number of Topliss-reactive ketones (excluding diaryl/α,β-unsaturated/α-hetero) is 1. The zero-order chi connectivity index (χ0) is 10.9. The summed E-state index contributed by atoms with van der Waals surface area (Å²) in [6.07, 6.45) is -2.95. The van der Waals surface area contributed by atoms with E-state index in [1.807, 2.05) is 6.92 Å². The van der Waals surface area contributed by atoms with Crippen molar-refractivity contribution in [1.29, 1.82) is 0 Å². The molecule has 14 heavy (non-hydrogen) atoms. The molecule has 0 aliphatic rings. The zero-order valence-electron chi connectivity index (χ0n) is 7.77. The van der Waals surface area contributed by atoms with E-state index >= 15 is 0 Å². The molecule has 4 heteroatoms. The van der Waals surface area contributed by atoms with Crippen LogP contribution in [0.15, 0.2) is 16.6 Å². The third kappa shape index (κ3) is 2.18. The molecule has 0 saturated carbocycles. The average molecular weight is 263 g/mol. The Balaban J connectivity index is 3.22. The fourth-order valence-electron chi connectivity index (χ4n) is 1.09. The van der Waals surface area contributed by atoms with Gasteiger partial charge in [-0.05, 0) is 37.1 Å². The van der Waals surface area contributed by atoms with E-state index in [0.29, 0.717) is 4.47 Å². The second kappa shape index (κ2) is 4.17. The van der Waals surface area contributed by atoms with Gasteiger partial charge in [0.25, 0.3) is 0 Å². The third-order valence-corrected chi connectivity index (χ3v) is 2.70. The van der Waals surface area contributed by atoms with E-state index in [1.165, 1.54) is 6.07 Å². The predicted molar refractivity (Wildman–Crippen MR) is 54.0 cm³/mol. The van der Waals surface area contributed by atoms with Gasteiger partial charge in [-0.25, -0.2) is 8.78 Å². The first-order valence-electron chi connectivity index (χ1n) is 4.02. The molecule has 1 nitrogen and oxygen atoms in total. The van der Waals surface area contributed by atoms with Gasteiger partial charge < -0.3 is 0 Å². The molecule has 0 spiro atoms. The first-order valence-corrected chi connectivity index (χ1v) is 4.82. The minimum atomic E-state index is -2.95. The molecule has 0 heterocycles. The molecular weight excluding hydrogens is 254 g/mol. The summed E-state index contributed by atoms with van der Waals surface area (Å²) < 4.78 is 24.7. The summed E-state index contributed by atoms with van der Waals surface area (Å²) in [7, 11) is 0. The maximum Gasteiger partial charge on any atom is 0.300 e. The van der Waals surface area contributed by atoms with Gasteiger partial charge in [-0.2, -0.15) is 0 Å². The highest BCUT2D eigenvalue weighted by Gasteiger charge is 2.20. The highest BCUT2D eigenvalue weighted by Crippen LogP contribution is 2.23. The maximum atomic E-state index is 12.2. The highest BCUT2D eigenvalue weighted by atomic mass is 79.9. The quantitative estimate of drug-likeness (QED) is 0.746. The SMILES string of the molecule is Cc1cc(Br)c(C(=O)C(F)F)cc1C. The van der Waals surface area contributed by atoms with Gasteiger partial charge in [0.1, 0.15) is 0 Å². The van der Waals surface area contributed by atoms with Crippen molar-refractivity contribution in [3.63, 3.8) is 0 Å². The molecule has 0 bridgehead atoms. The van der Waals surface area contributed by atoms with E-state index in [2.05, 4.69) is 15.9 Å². The van der Waals surface area contributed by atoms with Crippen molar-refractivity contribution < 1.29 is 13.6 Å². The van der Waals surface area contributed by atoms with Gasteiger partial charge in [0.2, 0.25) is 5.78 Å². The summed E-state index contributed by atoms with van der Waals surface area (Å²) >= 11 is 3.10. The second-order valence-electron chi connectivity index (χ2n) is 3.08. The van der Waals surface area contributed by atoms with Gasteiger partial charge in [-0.3, -0.25) is 4.79 Å². The molecule has 1 aromatic rings. The molecule has 0 unspecified atom stereocenters. The standard InChI is InChI=1S/C10H9BrF2O/c1-5-3-7(9(14)10(12)13)8(11)4-6(5)2/h3-4,10H,1-2H3. The minimum Gasteiger partial charge on any atom is -0.288 e. The molecule has 1 rings (SSSR count). The van der Waals surface area contributed by atoms with Gasteiger partial charge in [0.05, 0.1) is 0 Å². The Labute approximate surface area is 89.3 Å². The van der Waals surface area contributed by atoms with E-state index in [-0.39, 0.29) is 5.56 Å². The van der Waals surface area contributed by atoms with Gasteiger partial charge in [-0.1, -0.05) is 15.9 Å². The summed E-state index contributed by atoms with van der Waals surface area (Å²) in [5.74, 6) is -1.14. The van der Waals surface area contributed by atoms with Crippen molar-refractivity contribution in [3.8, 4) is 0 Å². The van der Waals surface area contributed by atoms with Crippen LogP contribution in [0.3, 0.4) is 0 Å². The topological polar surface area (TPSA) is 17.1 Å². The number of carbonyl (C=O) groups is 1. The lowest BCUT2D eigenvalue weighted by molar-refractivity contribution is 0.0678. The van der Waals surface area contributed by atoms with Crippen LogP contribution in [0.25, 0.3) is 0 Å². The number of rotatable bonds is 2. The molecule has 0 atom stereocenters. The van der Waals surface area contributed by atoms with Crippen LogP contribution in [0, 0.1) is 13.8 Å². The Morgan fingerprint density at radius 1 is 1.29 bits per heavy atom. The van der Waals surface area contributed by atoms with Crippen LogP contribution < -0.4 is 0 Å². The smallest absolute Gasteiger partial charge is 0.288 e. The number of ketones is 1. The third-order valence-electron chi connectivity index (χ3n) is 2.05. The molecule has 0 fully saturated rings. The Morgan fingerprint density at radius 3 is 2.29 bits per heavy atom. The van der Waals surface area contributed by atoms with E-state index in [4.69, 9.17) is 0 Å². The van der Waals surface area contributed by atoms with Gasteiger partial charge >= 0.3 is 6.43 Å². The number of carbonyl (C=O) groups excluding carboxylic acids is 1. The van der Waals surface area contributed by atoms with Gasteiger partial charge in [-0.15, -0.1) is 0 Å². The molecule has 0 aromatic heterocycles. The van der Waals surface area contributed by atoms with E-state index in [0.717, 1.165) is 11.1 Å². The Kier molecular flexibility index (Phi) is 3.37. The summed E-state index contributed by atoms with van der Waals surface area (Å²) in [6, 6.07) is 3.15. The molecular formula is C10H9BrF2O. The number of aryl methyl sites for hydroxylation is 2. The van der Waals surface area contributed by atoms with E-state index < -0.39 is 12.2 Å². The number of hydrogen-bond acceptors (Lipinski definition) is 1. The highest BCUT2D eigenvalue weighted by molar-refractivity contribution is 9.10. The van der Waals surface area contributed by atoms with Crippen LogP contribution in [-0.2, 0) is 0 Å². The van der Waals surface area contributed by atoms with Crippen molar-refractivity contribution in [2.75, 3.05) is 0 Å². The largest absolute Gasteiger partial charge is 0.300 e. The molecule has 76 valence electrons. The van der Waals surface area contributed by atoms with Crippen LogP contribution in [0.4, 0.5) is 8.78 Å². The first kappa shape index (κ1) is 11.3. The lowest BCUT2D eigenvalue weighted by Crippen LogP contribution is -2.11. The molecule has 0 saturated heterocycles. The van der Waals surface area contributed by atoms with Crippen molar-refractivity contribution in [3.05, 3.63) is 33.3 Å². The fraction of sp³-hybridized carbons (Fsp3) is 0.300. The second-order valence-corrected chi connectivity index (χ2v) is 3.94. The van der Waals surface area contributed by atoms with Crippen LogP contribution in [0.1, 0.15) is 21.5 Å². The van der Waals surface area contributed by atoms with Crippen LogP contribution >= 0.6 is 15.9 Å². The molecule has 0 amide bonds. The Hall–Kier alpha value is -0.770. The van der Waals surface area contributed by atoms with Crippen molar-refractivity contribution in [1.82, 2.24) is 0 Å². The minimum absolute atomic E-state index is 0.0445. The normalized spacial score (nSPS) is 10.7. The number of alkyl halides is 2. The monoisotopic (exact) mass is 262 g/mol. The first-order chi connectivity index (χ1) is 6.43. The van der Waals surface area contributed by atoms with Crippen molar-refractivity contribution in [2.24, 2.45) is 0 Å². The predicted octanol–water partition coefficient (Wildman–Crippen LogP) is 3.51. The molecule has 1 aromatic carbocycles. The fourth-order valence-corrected chi connectivity index (χ4v) is 1.74. The van der Waals surface area contributed by atoms with Crippen molar-refractivity contribution in [2.45, 2.75) is 20.3 Å². The lowest BCUT2D eigenvalue weighted by atomic mass is 10.0. The van der Waals surface area contributed by atoms with Crippen LogP contribution in [-0.4, -0.2) is 12.2 Å². The van der Waals surface area contributed by atoms with E-state index in [9.17, 15) is 13.6 Å². The Bertz CT molecular complexity index is 375. The zero-order valence-corrected chi connectivity index (χ0v) is 9.36. The summed E-state index contributed by atoms with van der Waals surface area (Å²) in [5, 5.41) is 0. The van der Waals surface area contributed by atoms with Crippen LogP contribution in [0.2, 0.25) is 0 Å². The van der Waals surface area contributed by atoms with Crippen LogP contribution in [0.5, 0.6) is 0 Å². The number of hydrogen-bond donors (Lipinski definition) is 0. The van der Waals surface area contributed by atoms with Gasteiger partial charge in [0, 0.05) is 10.0 Å². The average Bonchev–Trinajstić information content (AvgIpc) is 2.10. The molecule has 0 aliphatic heterocycles. The molecule has 0 N–H and O–H groups in total. The molecule has 0 aliphatic carbocycles. The summed E-state index contributed by atoms with van der Waals surface area (Å²) in [4.78, 5) is 11.0. The molecule has 0 radical (unpaired) electrons. The Morgan fingerprint density at radius 2 is 1.79 bits per heavy atom. The number of halogens is 3. The summed E-state index contributed by atoms with van der Waals surface area (Å²) in [5.41, 5.74) is 1.84.